The van der Waals surface area contributed by atoms with Gasteiger partial charge in [0.25, 0.3) is 0 Å². The first kappa shape index (κ1) is 9.93. The van der Waals surface area contributed by atoms with Crippen LogP contribution in [-0.4, -0.2) is 13.1 Å². The average Bonchev–Trinajstić information content (AvgIpc) is 3.06. The zero-order valence-corrected chi connectivity index (χ0v) is 9.61. The monoisotopic (exact) mass is 211 g/mol. The van der Waals surface area contributed by atoms with Gasteiger partial charge in [-0.2, -0.15) is 0 Å². The number of terminal acetylenes is 1. The fourth-order valence-corrected chi connectivity index (χ4v) is 3.46. The van der Waals surface area contributed by atoms with Gasteiger partial charge in [0.05, 0.1) is 6.04 Å². The van der Waals surface area contributed by atoms with Gasteiger partial charge in [-0.25, -0.2) is 0 Å². The summed E-state index contributed by atoms with van der Waals surface area (Å²) in [6, 6.07) is 9.11. The maximum atomic E-state index is 5.59. The molecule has 3 rings (SSSR count). The van der Waals surface area contributed by atoms with Crippen molar-refractivity contribution in [1.29, 1.82) is 0 Å². The minimum atomic E-state index is 0.251. The number of hydrogen-bond acceptors (Lipinski definition) is 1. The summed E-state index contributed by atoms with van der Waals surface area (Å²) in [5.41, 5.74) is 3.09. The van der Waals surface area contributed by atoms with Crippen LogP contribution in [0, 0.1) is 24.2 Å². The molecular weight excluding hydrogens is 194 g/mol. The fraction of sp³-hybridized carbons (Fsp3) is 0.467. The minimum absolute atomic E-state index is 0.251. The van der Waals surface area contributed by atoms with E-state index < -0.39 is 0 Å². The molecule has 0 heterocycles. The first-order chi connectivity index (χ1) is 7.86. The summed E-state index contributed by atoms with van der Waals surface area (Å²) in [5.74, 6) is 5.10. The number of benzene rings is 1. The Morgan fingerprint density at radius 3 is 3.00 bits per heavy atom. The average molecular weight is 211 g/mol. The molecule has 0 bridgehead atoms. The Labute approximate surface area is 97.3 Å². The van der Waals surface area contributed by atoms with Crippen LogP contribution in [-0.2, 0) is 6.42 Å². The normalized spacial score (nSPS) is 32.1. The van der Waals surface area contributed by atoms with E-state index >= 15 is 0 Å². The zero-order chi connectivity index (χ0) is 11.1. The topological polar surface area (TPSA) is 12.0 Å². The molecule has 0 spiro atoms. The zero-order valence-electron chi connectivity index (χ0n) is 9.61. The van der Waals surface area contributed by atoms with Crippen molar-refractivity contribution in [3.8, 4) is 12.3 Å². The molecule has 1 N–H and O–H groups in total. The summed E-state index contributed by atoms with van der Waals surface area (Å²) < 4.78 is 0. The largest absolute Gasteiger partial charge is 0.307 e. The van der Waals surface area contributed by atoms with Crippen molar-refractivity contribution in [2.24, 2.45) is 11.8 Å². The maximum Gasteiger partial charge on any atom is 0.0721 e. The van der Waals surface area contributed by atoms with E-state index in [1.54, 1.807) is 5.56 Å². The van der Waals surface area contributed by atoms with Gasteiger partial charge in [-0.1, -0.05) is 30.2 Å². The van der Waals surface area contributed by atoms with Crippen LogP contribution >= 0.6 is 0 Å². The molecule has 1 aromatic rings. The van der Waals surface area contributed by atoms with Gasteiger partial charge in [0.1, 0.15) is 0 Å². The maximum absolute atomic E-state index is 5.59. The third kappa shape index (κ3) is 1.30. The van der Waals surface area contributed by atoms with Gasteiger partial charge < -0.3 is 5.32 Å². The van der Waals surface area contributed by atoms with Crippen molar-refractivity contribution in [3.05, 3.63) is 35.4 Å². The molecule has 16 heavy (non-hydrogen) atoms. The molecule has 2 aliphatic carbocycles. The summed E-state index contributed by atoms with van der Waals surface area (Å²) in [7, 11) is 1.97. The summed E-state index contributed by atoms with van der Waals surface area (Å²) in [6.07, 6.45) is 8.13. The fourth-order valence-electron chi connectivity index (χ4n) is 3.46. The van der Waals surface area contributed by atoms with Crippen LogP contribution in [0.25, 0.3) is 0 Å². The SMILES string of the molecule is C#CC(NC)C1C2CCc3ccccc3C21. The van der Waals surface area contributed by atoms with Crippen LogP contribution in [0.3, 0.4) is 0 Å². The number of rotatable bonds is 2. The number of nitrogens with one attached hydrogen (secondary N) is 1. The Kier molecular flexibility index (Phi) is 2.26. The standard InChI is InChI=1S/C15H17N/c1-3-13(16-2)15-12-9-8-10-6-4-5-7-11(10)14(12)15/h1,4-7,12-16H,8-9H2,2H3. The van der Waals surface area contributed by atoms with Crippen molar-refractivity contribution in [2.45, 2.75) is 24.8 Å². The minimum Gasteiger partial charge on any atom is -0.307 e. The van der Waals surface area contributed by atoms with E-state index in [1.165, 1.54) is 18.4 Å². The van der Waals surface area contributed by atoms with E-state index in [2.05, 4.69) is 35.5 Å². The van der Waals surface area contributed by atoms with Crippen LogP contribution in [0.2, 0.25) is 0 Å². The third-order valence-corrected chi connectivity index (χ3v) is 4.27. The number of hydrogen-bond donors (Lipinski definition) is 1. The molecule has 1 nitrogen and oxygen atoms in total. The summed E-state index contributed by atoms with van der Waals surface area (Å²) in [6.45, 7) is 0. The van der Waals surface area contributed by atoms with Crippen LogP contribution in [0.5, 0.6) is 0 Å². The van der Waals surface area contributed by atoms with Crippen LogP contribution < -0.4 is 5.32 Å². The molecule has 0 aliphatic heterocycles. The number of aryl methyl sites for hydroxylation is 1. The predicted octanol–water partition coefficient (Wildman–Crippen LogP) is 2.18. The molecule has 1 aromatic carbocycles. The van der Waals surface area contributed by atoms with E-state index in [4.69, 9.17) is 6.42 Å². The van der Waals surface area contributed by atoms with Crippen LogP contribution in [0.1, 0.15) is 23.5 Å². The Morgan fingerprint density at radius 1 is 1.44 bits per heavy atom. The molecule has 4 unspecified atom stereocenters. The molecule has 0 amide bonds. The first-order valence-corrected chi connectivity index (χ1v) is 6.08. The van der Waals surface area contributed by atoms with Crippen molar-refractivity contribution >= 4 is 0 Å². The van der Waals surface area contributed by atoms with E-state index in [1.807, 2.05) is 7.05 Å². The Balaban J connectivity index is 1.90. The molecule has 82 valence electrons. The van der Waals surface area contributed by atoms with E-state index in [0.29, 0.717) is 5.92 Å². The molecule has 1 heteroatoms. The highest BCUT2D eigenvalue weighted by Gasteiger charge is 2.55. The highest BCUT2D eigenvalue weighted by molar-refractivity contribution is 5.41. The smallest absolute Gasteiger partial charge is 0.0721 e. The Bertz CT molecular complexity index is 443. The second-order valence-corrected chi connectivity index (χ2v) is 4.94. The van der Waals surface area contributed by atoms with E-state index in [9.17, 15) is 0 Å². The van der Waals surface area contributed by atoms with Gasteiger partial charge in [0.15, 0.2) is 0 Å². The summed E-state index contributed by atoms with van der Waals surface area (Å²) in [5, 5.41) is 3.26. The van der Waals surface area contributed by atoms with Gasteiger partial charge >= 0.3 is 0 Å². The van der Waals surface area contributed by atoms with Gasteiger partial charge in [-0.3, -0.25) is 0 Å². The highest BCUT2D eigenvalue weighted by atomic mass is 14.9. The second-order valence-electron chi connectivity index (χ2n) is 4.94. The highest BCUT2D eigenvalue weighted by Crippen LogP contribution is 2.61. The van der Waals surface area contributed by atoms with Crippen molar-refractivity contribution < 1.29 is 0 Å². The Hall–Kier alpha value is -1.26. The quantitative estimate of drug-likeness (QED) is 0.739. The van der Waals surface area contributed by atoms with Crippen LogP contribution in [0.15, 0.2) is 24.3 Å². The van der Waals surface area contributed by atoms with Gasteiger partial charge in [0.2, 0.25) is 0 Å². The molecule has 1 fully saturated rings. The van der Waals surface area contributed by atoms with Gasteiger partial charge in [0, 0.05) is 0 Å². The lowest BCUT2D eigenvalue weighted by atomic mass is 9.92. The van der Waals surface area contributed by atoms with Gasteiger partial charge in [-0.05, 0) is 48.8 Å². The molecule has 1 saturated carbocycles. The van der Waals surface area contributed by atoms with E-state index in [-0.39, 0.29) is 6.04 Å². The predicted molar refractivity (Wildman–Crippen MR) is 66.2 cm³/mol. The molecular formula is C15H17N. The van der Waals surface area contributed by atoms with Crippen molar-refractivity contribution in [1.82, 2.24) is 5.32 Å². The van der Waals surface area contributed by atoms with Gasteiger partial charge in [-0.15, -0.1) is 6.42 Å². The Morgan fingerprint density at radius 2 is 2.25 bits per heavy atom. The summed E-state index contributed by atoms with van der Waals surface area (Å²) in [4.78, 5) is 0. The molecule has 4 atom stereocenters. The lowest BCUT2D eigenvalue weighted by molar-refractivity contribution is 0.550. The molecule has 0 radical (unpaired) electrons. The molecule has 2 aliphatic rings. The third-order valence-electron chi connectivity index (χ3n) is 4.27. The van der Waals surface area contributed by atoms with Crippen LogP contribution in [0.4, 0.5) is 0 Å². The summed E-state index contributed by atoms with van der Waals surface area (Å²) >= 11 is 0. The molecule has 0 saturated heterocycles. The van der Waals surface area contributed by atoms with Crippen molar-refractivity contribution in [3.63, 3.8) is 0 Å². The first-order valence-electron chi connectivity index (χ1n) is 6.08. The molecule has 0 aromatic heterocycles. The van der Waals surface area contributed by atoms with Crippen molar-refractivity contribution in [2.75, 3.05) is 7.05 Å². The van der Waals surface area contributed by atoms with E-state index in [0.717, 1.165) is 11.8 Å². The second kappa shape index (κ2) is 3.64. The number of fused-ring (bicyclic) bond motifs is 3. The lowest BCUT2D eigenvalue weighted by Gasteiger charge is -2.13. The lowest BCUT2D eigenvalue weighted by Crippen LogP contribution is -2.26.